The van der Waals surface area contributed by atoms with Gasteiger partial charge in [0, 0.05) is 25.9 Å². The smallest absolute Gasteiger partial charge is 0.179 e. The van der Waals surface area contributed by atoms with E-state index in [-0.39, 0.29) is 22.7 Å². The Labute approximate surface area is 125 Å². The number of nitrogens with one attached hydrogen (secondary N) is 1. The first kappa shape index (κ1) is 16.9. The number of hydrogen-bond donors (Lipinski definition) is 2. The molecule has 0 radical (unpaired) electrons. The van der Waals surface area contributed by atoms with E-state index in [1.54, 1.807) is 7.11 Å². The summed E-state index contributed by atoms with van der Waals surface area (Å²) in [6.45, 7) is 1.84. The predicted molar refractivity (Wildman–Crippen MR) is 77.9 cm³/mol. The molecule has 7 heteroatoms. The number of rotatable bonds is 9. The zero-order valence-corrected chi connectivity index (χ0v) is 12.8. The van der Waals surface area contributed by atoms with Crippen LogP contribution in [0.5, 0.6) is 5.75 Å². The van der Waals surface area contributed by atoms with Gasteiger partial charge in [0.15, 0.2) is 11.6 Å². The zero-order chi connectivity index (χ0) is 15.0. The molecule has 0 unspecified atom stereocenters. The molecule has 0 atom stereocenters. The van der Waals surface area contributed by atoms with E-state index in [4.69, 9.17) is 25.4 Å². The van der Waals surface area contributed by atoms with Crippen LogP contribution in [0.25, 0.3) is 0 Å². The highest BCUT2D eigenvalue weighted by molar-refractivity contribution is 9.10. The van der Waals surface area contributed by atoms with Gasteiger partial charge in [-0.25, -0.2) is 4.39 Å². The van der Waals surface area contributed by atoms with Crippen molar-refractivity contribution < 1.29 is 18.6 Å². The molecule has 1 aromatic rings. The Morgan fingerprint density at radius 1 is 1.30 bits per heavy atom. The first-order valence-corrected chi connectivity index (χ1v) is 6.89. The fraction of sp³-hybridized carbons (Fsp3) is 0.462. The van der Waals surface area contributed by atoms with Gasteiger partial charge in [-0.2, -0.15) is 0 Å². The summed E-state index contributed by atoms with van der Waals surface area (Å²) in [6, 6.07) is 2.98. The zero-order valence-electron chi connectivity index (χ0n) is 11.2. The minimum absolute atomic E-state index is 0.0994. The Morgan fingerprint density at radius 3 is 2.70 bits per heavy atom. The largest absolute Gasteiger partial charge is 0.488 e. The van der Waals surface area contributed by atoms with Crippen LogP contribution in [0.1, 0.15) is 12.0 Å². The van der Waals surface area contributed by atoms with E-state index in [0.29, 0.717) is 25.4 Å². The van der Waals surface area contributed by atoms with Crippen molar-refractivity contribution in [3.05, 3.63) is 28.0 Å². The maximum absolute atomic E-state index is 13.9. The average molecular weight is 349 g/mol. The quantitative estimate of drug-likeness (QED) is 0.407. The highest BCUT2D eigenvalue weighted by Crippen LogP contribution is 2.28. The van der Waals surface area contributed by atoms with Gasteiger partial charge in [-0.1, -0.05) is 0 Å². The normalized spacial score (nSPS) is 10.6. The topological polar surface area (TPSA) is 77.6 Å². The summed E-state index contributed by atoms with van der Waals surface area (Å²) in [4.78, 5) is 0. The molecule has 0 heterocycles. The van der Waals surface area contributed by atoms with Crippen molar-refractivity contribution in [2.45, 2.75) is 6.42 Å². The fourth-order valence-corrected chi connectivity index (χ4v) is 2.01. The van der Waals surface area contributed by atoms with E-state index in [1.165, 1.54) is 12.1 Å². The Morgan fingerprint density at radius 2 is 2.05 bits per heavy atom. The van der Waals surface area contributed by atoms with Gasteiger partial charge in [0.2, 0.25) is 0 Å². The molecule has 0 amide bonds. The van der Waals surface area contributed by atoms with Crippen LogP contribution in [0.2, 0.25) is 0 Å². The standard InChI is InChI=1S/C13H18BrFN2O3/c1-18-5-2-6-19-7-8-20-10-4-3-9(13(16)17)11(14)12(10)15/h3-4H,2,5-8H2,1H3,(H3,16,17). The third-order valence-corrected chi connectivity index (χ3v) is 3.23. The Balaban J connectivity index is 2.41. The van der Waals surface area contributed by atoms with E-state index in [1.807, 2.05) is 0 Å². The maximum atomic E-state index is 13.9. The number of amidine groups is 1. The van der Waals surface area contributed by atoms with Gasteiger partial charge in [-0.05, 0) is 34.5 Å². The lowest BCUT2D eigenvalue weighted by Gasteiger charge is -2.11. The number of ether oxygens (including phenoxy) is 3. The van der Waals surface area contributed by atoms with Crippen molar-refractivity contribution in [2.24, 2.45) is 5.73 Å². The lowest BCUT2D eigenvalue weighted by Crippen LogP contribution is -2.13. The molecule has 0 aliphatic rings. The monoisotopic (exact) mass is 348 g/mol. The first-order chi connectivity index (χ1) is 9.57. The van der Waals surface area contributed by atoms with Crippen LogP contribution in [0.15, 0.2) is 16.6 Å². The number of halogens is 2. The van der Waals surface area contributed by atoms with Crippen molar-refractivity contribution in [3.63, 3.8) is 0 Å². The van der Waals surface area contributed by atoms with Crippen LogP contribution in [0, 0.1) is 11.2 Å². The molecule has 112 valence electrons. The molecule has 1 rings (SSSR count). The van der Waals surface area contributed by atoms with Crippen LogP contribution in [0.3, 0.4) is 0 Å². The molecular weight excluding hydrogens is 331 g/mol. The molecule has 0 spiro atoms. The van der Waals surface area contributed by atoms with E-state index in [0.717, 1.165) is 6.42 Å². The molecule has 0 saturated heterocycles. The van der Waals surface area contributed by atoms with Crippen molar-refractivity contribution in [1.29, 1.82) is 5.41 Å². The SMILES string of the molecule is COCCCOCCOc1ccc(C(=N)N)c(Br)c1F. The molecule has 0 fully saturated rings. The number of hydrogen-bond acceptors (Lipinski definition) is 4. The van der Waals surface area contributed by atoms with Crippen molar-refractivity contribution in [1.82, 2.24) is 0 Å². The molecule has 0 aliphatic carbocycles. The van der Waals surface area contributed by atoms with Gasteiger partial charge in [-0.15, -0.1) is 0 Å². The number of nitrogens with two attached hydrogens (primary N) is 1. The van der Waals surface area contributed by atoms with E-state index in [2.05, 4.69) is 15.9 Å². The van der Waals surface area contributed by atoms with Gasteiger partial charge in [0.05, 0.1) is 11.1 Å². The molecule has 0 aliphatic heterocycles. The summed E-state index contributed by atoms with van der Waals surface area (Å²) in [5, 5.41) is 7.30. The molecular formula is C13H18BrFN2O3. The molecule has 20 heavy (non-hydrogen) atoms. The van der Waals surface area contributed by atoms with Gasteiger partial charge in [0.1, 0.15) is 12.4 Å². The maximum Gasteiger partial charge on any atom is 0.179 e. The molecule has 0 bridgehead atoms. The van der Waals surface area contributed by atoms with Gasteiger partial charge >= 0.3 is 0 Å². The highest BCUT2D eigenvalue weighted by atomic mass is 79.9. The first-order valence-electron chi connectivity index (χ1n) is 6.09. The van der Waals surface area contributed by atoms with E-state index in [9.17, 15) is 4.39 Å². The van der Waals surface area contributed by atoms with Crippen molar-refractivity contribution in [2.75, 3.05) is 33.5 Å². The lowest BCUT2D eigenvalue weighted by atomic mass is 10.2. The van der Waals surface area contributed by atoms with Gasteiger partial charge < -0.3 is 19.9 Å². The minimum Gasteiger partial charge on any atom is -0.488 e. The summed E-state index contributed by atoms with van der Waals surface area (Å²) in [7, 11) is 1.63. The third kappa shape index (κ3) is 5.07. The van der Waals surface area contributed by atoms with Gasteiger partial charge in [-0.3, -0.25) is 5.41 Å². The summed E-state index contributed by atoms with van der Waals surface area (Å²) in [6.07, 6.45) is 0.809. The summed E-state index contributed by atoms with van der Waals surface area (Å²) < 4.78 is 29.5. The predicted octanol–water partition coefficient (Wildman–Crippen LogP) is 2.30. The van der Waals surface area contributed by atoms with Crippen LogP contribution >= 0.6 is 15.9 Å². The second-order valence-electron chi connectivity index (χ2n) is 3.96. The Hall–Kier alpha value is -1.18. The lowest BCUT2D eigenvalue weighted by molar-refractivity contribution is 0.0797. The average Bonchev–Trinajstić information content (AvgIpc) is 2.42. The van der Waals surface area contributed by atoms with Gasteiger partial charge in [0.25, 0.3) is 0 Å². The second-order valence-corrected chi connectivity index (χ2v) is 4.75. The fourth-order valence-electron chi connectivity index (χ4n) is 1.47. The number of nitrogen functional groups attached to an aromatic ring is 1. The third-order valence-electron chi connectivity index (χ3n) is 2.46. The van der Waals surface area contributed by atoms with Crippen molar-refractivity contribution in [3.8, 4) is 5.75 Å². The Kier molecular flexibility index (Phi) is 7.50. The molecule has 1 aromatic carbocycles. The van der Waals surface area contributed by atoms with Crippen LogP contribution < -0.4 is 10.5 Å². The molecule has 0 saturated carbocycles. The highest BCUT2D eigenvalue weighted by Gasteiger charge is 2.13. The Bertz CT molecular complexity index is 457. The van der Waals surface area contributed by atoms with Crippen molar-refractivity contribution >= 4 is 21.8 Å². The molecule has 5 nitrogen and oxygen atoms in total. The van der Waals surface area contributed by atoms with Crippen LogP contribution in [-0.2, 0) is 9.47 Å². The molecule has 3 N–H and O–H groups in total. The minimum atomic E-state index is -0.572. The summed E-state index contributed by atoms with van der Waals surface area (Å²) in [5.74, 6) is -0.678. The number of benzene rings is 1. The summed E-state index contributed by atoms with van der Waals surface area (Å²) >= 11 is 3.06. The summed E-state index contributed by atoms with van der Waals surface area (Å²) in [5.41, 5.74) is 5.63. The van der Waals surface area contributed by atoms with Crippen LogP contribution in [-0.4, -0.2) is 39.4 Å². The van der Waals surface area contributed by atoms with E-state index >= 15 is 0 Å². The second kappa shape index (κ2) is 8.89. The van der Waals surface area contributed by atoms with Crippen LogP contribution in [0.4, 0.5) is 4.39 Å². The molecule has 0 aromatic heterocycles. The number of methoxy groups -OCH3 is 1. The van der Waals surface area contributed by atoms with E-state index < -0.39 is 5.82 Å².